The molecule has 6 nitrogen and oxygen atoms in total. The first kappa shape index (κ1) is 18.1. The van der Waals surface area contributed by atoms with Crippen LogP contribution in [0.1, 0.15) is 5.56 Å². The minimum absolute atomic E-state index is 0.0130. The number of carbonyl (C=O) groups is 1. The van der Waals surface area contributed by atoms with E-state index in [-0.39, 0.29) is 12.4 Å². The summed E-state index contributed by atoms with van der Waals surface area (Å²) in [5.74, 6) is 0.305. The number of rotatable bonds is 6. The van der Waals surface area contributed by atoms with E-state index in [1.807, 2.05) is 0 Å². The molecule has 0 aromatic heterocycles. The molecule has 0 fully saturated rings. The molecule has 0 heterocycles. The highest BCUT2D eigenvalue weighted by Crippen LogP contribution is 2.27. The molecule has 0 aliphatic rings. The fourth-order valence-corrected chi connectivity index (χ4v) is 2.46. The Morgan fingerprint density at radius 1 is 1.33 bits per heavy atom. The Morgan fingerprint density at radius 2 is 2.08 bits per heavy atom. The molecule has 0 aliphatic carbocycles. The molecule has 0 saturated heterocycles. The summed E-state index contributed by atoms with van der Waals surface area (Å²) in [5, 5.41) is 13.8. The number of phenolic OH excluding ortho intramolecular Hbond substituents is 1. The normalized spacial score (nSPS) is 10.6. The van der Waals surface area contributed by atoms with Crippen LogP contribution in [0.2, 0.25) is 5.02 Å². The maximum atomic E-state index is 11.7. The Hall–Kier alpha value is -2.25. The maximum absolute atomic E-state index is 11.7. The van der Waals surface area contributed by atoms with E-state index < -0.39 is 5.91 Å². The van der Waals surface area contributed by atoms with Gasteiger partial charge in [0.05, 0.1) is 18.3 Å². The van der Waals surface area contributed by atoms with Gasteiger partial charge in [-0.25, -0.2) is 5.43 Å². The van der Waals surface area contributed by atoms with E-state index in [1.54, 1.807) is 30.3 Å². The van der Waals surface area contributed by atoms with E-state index in [4.69, 9.17) is 21.1 Å². The van der Waals surface area contributed by atoms with E-state index >= 15 is 0 Å². The molecule has 2 aromatic carbocycles. The summed E-state index contributed by atoms with van der Waals surface area (Å²) >= 11 is 9.27. The average Bonchev–Trinajstić information content (AvgIpc) is 2.54. The smallest absolute Gasteiger partial charge is 0.277 e. The van der Waals surface area contributed by atoms with Crippen molar-refractivity contribution in [2.45, 2.75) is 0 Å². The van der Waals surface area contributed by atoms with Crippen LogP contribution in [0.5, 0.6) is 17.2 Å². The molecule has 24 heavy (non-hydrogen) atoms. The lowest BCUT2D eigenvalue weighted by molar-refractivity contribution is -0.123. The molecule has 8 heteroatoms. The monoisotopic (exact) mass is 412 g/mol. The maximum Gasteiger partial charge on any atom is 0.277 e. The summed E-state index contributed by atoms with van der Waals surface area (Å²) in [6.07, 6.45) is 1.39. The van der Waals surface area contributed by atoms with Gasteiger partial charge in [0.2, 0.25) is 0 Å². The standard InChI is InChI=1S/C16H14BrClN2O4/c1-23-15-4-2-10(6-13(15)21)8-19-20-16(22)9-24-14-5-3-11(17)7-12(14)18/h2-8,21H,9H2,1H3,(H,20,22). The number of nitrogens with zero attached hydrogens (tertiary/aromatic N) is 1. The number of methoxy groups -OCH3 is 1. The van der Waals surface area contributed by atoms with Crippen LogP contribution in [0, 0.1) is 0 Å². The highest BCUT2D eigenvalue weighted by Gasteiger charge is 2.06. The summed E-state index contributed by atoms with van der Waals surface area (Å²) < 4.78 is 11.1. The highest BCUT2D eigenvalue weighted by molar-refractivity contribution is 9.10. The Kier molecular flexibility index (Phi) is 6.45. The number of carbonyl (C=O) groups excluding carboxylic acids is 1. The lowest BCUT2D eigenvalue weighted by Crippen LogP contribution is -2.24. The SMILES string of the molecule is COc1ccc(C=NNC(=O)COc2ccc(Br)cc2Cl)cc1O. The van der Waals surface area contributed by atoms with Crippen molar-refractivity contribution >= 4 is 39.7 Å². The average molecular weight is 414 g/mol. The molecule has 1 amide bonds. The lowest BCUT2D eigenvalue weighted by atomic mass is 10.2. The van der Waals surface area contributed by atoms with Gasteiger partial charge in [0, 0.05) is 4.47 Å². The highest BCUT2D eigenvalue weighted by atomic mass is 79.9. The van der Waals surface area contributed by atoms with Crippen LogP contribution in [-0.2, 0) is 4.79 Å². The molecule has 0 spiro atoms. The van der Waals surface area contributed by atoms with Gasteiger partial charge in [-0.3, -0.25) is 4.79 Å². The van der Waals surface area contributed by atoms with Crippen molar-refractivity contribution in [1.29, 1.82) is 0 Å². The predicted molar refractivity (Wildman–Crippen MR) is 95.0 cm³/mol. The summed E-state index contributed by atoms with van der Waals surface area (Å²) in [5.41, 5.74) is 2.92. The number of hydrazone groups is 1. The first-order valence-corrected chi connectivity index (χ1v) is 7.93. The zero-order valence-corrected chi connectivity index (χ0v) is 15.0. The summed E-state index contributed by atoms with van der Waals surface area (Å²) in [7, 11) is 1.46. The van der Waals surface area contributed by atoms with Gasteiger partial charge in [-0.2, -0.15) is 5.10 Å². The van der Waals surface area contributed by atoms with Crippen LogP contribution in [0.15, 0.2) is 46.0 Å². The van der Waals surface area contributed by atoms with Crippen LogP contribution in [-0.4, -0.2) is 30.9 Å². The quantitative estimate of drug-likeness (QED) is 0.562. The topological polar surface area (TPSA) is 80.2 Å². The molecule has 0 aliphatic heterocycles. The number of nitrogens with one attached hydrogen (secondary N) is 1. The second kappa shape index (κ2) is 8.56. The van der Waals surface area contributed by atoms with Gasteiger partial charge in [0.15, 0.2) is 18.1 Å². The van der Waals surface area contributed by atoms with Crippen molar-refractivity contribution in [1.82, 2.24) is 5.43 Å². The number of aromatic hydroxyl groups is 1. The molecule has 0 bridgehead atoms. The number of hydrogen-bond donors (Lipinski definition) is 2. The summed E-state index contributed by atoms with van der Waals surface area (Å²) in [6.45, 7) is -0.230. The summed E-state index contributed by atoms with van der Waals surface area (Å²) in [4.78, 5) is 11.7. The van der Waals surface area contributed by atoms with Gasteiger partial charge in [-0.15, -0.1) is 0 Å². The van der Waals surface area contributed by atoms with E-state index in [2.05, 4.69) is 26.5 Å². The number of ether oxygens (including phenoxy) is 2. The van der Waals surface area contributed by atoms with Crippen molar-refractivity contribution in [3.05, 3.63) is 51.5 Å². The van der Waals surface area contributed by atoms with Crippen molar-refractivity contribution in [2.75, 3.05) is 13.7 Å². The molecule has 0 radical (unpaired) electrons. The molecule has 126 valence electrons. The van der Waals surface area contributed by atoms with Crippen LogP contribution in [0.3, 0.4) is 0 Å². The third-order valence-electron chi connectivity index (χ3n) is 2.86. The van der Waals surface area contributed by atoms with Crippen molar-refractivity contribution in [3.8, 4) is 17.2 Å². The Balaban J connectivity index is 1.85. The molecular formula is C16H14BrClN2O4. The fourth-order valence-electron chi connectivity index (χ4n) is 1.73. The van der Waals surface area contributed by atoms with Gasteiger partial charge in [0.25, 0.3) is 5.91 Å². The second-order valence-corrected chi connectivity index (χ2v) is 5.91. The van der Waals surface area contributed by atoms with Crippen molar-refractivity contribution in [2.24, 2.45) is 5.10 Å². The van der Waals surface area contributed by atoms with Crippen LogP contribution < -0.4 is 14.9 Å². The number of halogens is 2. The minimum atomic E-state index is -0.442. The van der Waals surface area contributed by atoms with Crippen LogP contribution in [0.4, 0.5) is 0 Å². The van der Waals surface area contributed by atoms with E-state index in [0.29, 0.717) is 22.1 Å². The van der Waals surface area contributed by atoms with Gasteiger partial charge in [-0.05, 0) is 42.0 Å². The largest absolute Gasteiger partial charge is 0.504 e. The number of amides is 1. The molecule has 0 unspecified atom stereocenters. The van der Waals surface area contributed by atoms with Gasteiger partial charge in [-0.1, -0.05) is 27.5 Å². The van der Waals surface area contributed by atoms with Crippen LogP contribution in [0.25, 0.3) is 0 Å². The Labute approximate surface area is 152 Å². The van der Waals surface area contributed by atoms with E-state index in [1.165, 1.54) is 19.4 Å². The lowest BCUT2D eigenvalue weighted by Gasteiger charge is -2.07. The predicted octanol–water partition coefficient (Wildman–Crippen LogP) is 3.35. The number of phenols is 1. The summed E-state index contributed by atoms with van der Waals surface area (Å²) in [6, 6.07) is 9.83. The molecule has 2 N–H and O–H groups in total. The Morgan fingerprint density at radius 3 is 2.75 bits per heavy atom. The third kappa shape index (κ3) is 5.14. The van der Waals surface area contributed by atoms with Gasteiger partial charge < -0.3 is 14.6 Å². The molecule has 2 aromatic rings. The van der Waals surface area contributed by atoms with E-state index in [0.717, 1.165) is 4.47 Å². The van der Waals surface area contributed by atoms with Gasteiger partial charge in [0.1, 0.15) is 5.75 Å². The first-order chi connectivity index (χ1) is 11.5. The molecule has 2 rings (SSSR count). The number of benzene rings is 2. The van der Waals surface area contributed by atoms with Crippen molar-refractivity contribution < 1.29 is 19.4 Å². The van der Waals surface area contributed by atoms with Gasteiger partial charge >= 0.3 is 0 Å². The Bertz CT molecular complexity index is 768. The second-order valence-electron chi connectivity index (χ2n) is 4.59. The fraction of sp³-hybridized carbons (Fsp3) is 0.125. The third-order valence-corrected chi connectivity index (χ3v) is 3.65. The van der Waals surface area contributed by atoms with E-state index in [9.17, 15) is 9.90 Å². The zero-order chi connectivity index (χ0) is 17.5. The molecule has 0 atom stereocenters. The molecular weight excluding hydrogens is 400 g/mol. The number of hydrogen-bond acceptors (Lipinski definition) is 5. The molecule has 0 saturated carbocycles. The van der Waals surface area contributed by atoms with Crippen molar-refractivity contribution in [3.63, 3.8) is 0 Å². The van der Waals surface area contributed by atoms with Crippen LogP contribution >= 0.6 is 27.5 Å². The zero-order valence-electron chi connectivity index (χ0n) is 12.6. The minimum Gasteiger partial charge on any atom is -0.504 e. The first-order valence-electron chi connectivity index (χ1n) is 6.76.